The van der Waals surface area contributed by atoms with Crippen LogP contribution in [0.25, 0.3) is 0 Å². The quantitative estimate of drug-likeness (QED) is 0.827. The molecule has 2 heterocycles. The highest BCUT2D eigenvalue weighted by Crippen LogP contribution is 2.25. The lowest BCUT2D eigenvalue weighted by Gasteiger charge is -2.36. The SMILES string of the molecule is COC(=O)C1CC(OC)CCN1Cc1cnc(N)s1. The van der Waals surface area contributed by atoms with Crippen LogP contribution >= 0.6 is 11.3 Å². The van der Waals surface area contributed by atoms with Crippen molar-refractivity contribution in [3.63, 3.8) is 0 Å². The van der Waals surface area contributed by atoms with Crippen molar-refractivity contribution >= 4 is 22.4 Å². The summed E-state index contributed by atoms with van der Waals surface area (Å²) in [6.07, 6.45) is 3.46. The summed E-state index contributed by atoms with van der Waals surface area (Å²) in [5.74, 6) is -0.209. The summed E-state index contributed by atoms with van der Waals surface area (Å²) in [5, 5.41) is 0.552. The number of anilines is 1. The maximum absolute atomic E-state index is 11.9. The third kappa shape index (κ3) is 3.43. The van der Waals surface area contributed by atoms with Crippen LogP contribution in [0.2, 0.25) is 0 Å². The van der Waals surface area contributed by atoms with E-state index in [2.05, 4.69) is 9.88 Å². The Hall–Kier alpha value is -1.18. The smallest absolute Gasteiger partial charge is 0.323 e. The van der Waals surface area contributed by atoms with E-state index in [9.17, 15) is 4.79 Å². The van der Waals surface area contributed by atoms with E-state index in [1.807, 2.05) is 0 Å². The average molecular weight is 285 g/mol. The first-order chi connectivity index (χ1) is 9.13. The number of hydrogen-bond donors (Lipinski definition) is 1. The zero-order chi connectivity index (χ0) is 13.8. The molecule has 0 bridgehead atoms. The standard InChI is InChI=1S/C12H19N3O3S/c1-17-8-3-4-15(10(5-8)11(16)18-2)7-9-6-14-12(13)19-9/h6,8,10H,3-5,7H2,1-2H3,(H2,13,14). The molecule has 2 N–H and O–H groups in total. The predicted molar refractivity (Wildman–Crippen MR) is 72.8 cm³/mol. The van der Waals surface area contributed by atoms with E-state index in [1.165, 1.54) is 18.4 Å². The van der Waals surface area contributed by atoms with Crippen molar-refractivity contribution in [3.05, 3.63) is 11.1 Å². The van der Waals surface area contributed by atoms with Gasteiger partial charge in [-0.2, -0.15) is 0 Å². The van der Waals surface area contributed by atoms with Gasteiger partial charge >= 0.3 is 5.97 Å². The number of methoxy groups -OCH3 is 2. The molecule has 1 aliphatic heterocycles. The number of carbonyl (C=O) groups excluding carboxylic acids is 1. The summed E-state index contributed by atoms with van der Waals surface area (Å²) in [4.78, 5) is 19.1. The molecule has 1 aromatic rings. The van der Waals surface area contributed by atoms with Gasteiger partial charge in [-0.1, -0.05) is 0 Å². The second-order valence-corrected chi connectivity index (χ2v) is 5.70. The number of hydrogen-bond acceptors (Lipinski definition) is 7. The third-order valence-electron chi connectivity index (χ3n) is 3.40. The largest absolute Gasteiger partial charge is 0.468 e. The lowest BCUT2D eigenvalue weighted by molar-refractivity contribution is -0.151. The van der Waals surface area contributed by atoms with Gasteiger partial charge in [-0.25, -0.2) is 4.98 Å². The average Bonchev–Trinajstić information content (AvgIpc) is 2.83. The number of ether oxygens (including phenoxy) is 2. The molecule has 1 aromatic heterocycles. The van der Waals surface area contributed by atoms with E-state index in [4.69, 9.17) is 15.2 Å². The number of likely N-dealkylation sites (tertiary alicyclic amines) is 1. The molecule has 0 saturated carbocycles. The molecule has 7 heteroatoms. The van der Waals surface area contributed by atoms with Gasteiger partial charge in [0, 0.05) is 31.3 Å². The van der Waals surface area contributed by atoms with Crippen molar-refractivity contribution in [2.75, 3.05) is 26.5 Å². The highest BCUT2D eigenvalue weighted by Gasteiger charge is 2.34. The van der Waals surface area contributed by atoms with Crippen LogP contribution in [0.5, 0.6) is 0 Å². The molecule has 0 aromatic carbocycles. The molecule has 0 spiro atoms. The Morgan fingerprint density at radius 2 is 2.42 bits per heavy atom. The fourth-order valence-electron chi connectivity index (χ4n) is 2.36. The number of carbonyl (C=O) groups is 1. The summed E-state index contributed by atoms with van der Waals surface area (Å²) >= 11 is 1.45. The van der Waals surface area contributed by atoms with Gasteiger partial charge in [-0.3, -0.25) is 9.69 Å². The molecule has 2 atom stereocenters. The molecule has 6 nitrogen and oxygen atoms in total. The van der Waals surface area contributed by atoms with Gasteiger partial charge in [0.2, 0.25) is 0 Å². The van der Waals surface area contributed by atoms with Crippen LogP contribution in [0.1, 0.15) is 17.7 Å². The van der Waals surface area contributed by atoms with Gasteiger partial charge in [0.15, 0.2) is 5.13 Å². The highest BCUT2D eigenvalue weighted by atomic mass is 32.1. The van der Waals surface area contributed by atoms with Crippen LogP contribution in [0.15, 0.2) is 6.20 Å². The molecule has 2 rings (SSSR count). The van der Waals surface area contributed by atoms with Crippen LogP contribution in [-0.4, -0.2) is 48.8 Å². The summed E-state index contributed by atoms with van der Waals surface area (Å²) in [7, 11) is 3.10. The number of rotatable bonds is 4. The normalized spacial score (nSPS) is 24.3. The van der Waals surface area contributed by atoms with Crippen LogP contribution < -0.4 is 5.73 Å². The fraction of sp³-hybridized carbons (Fsp3) is 0.667. The van der Waals surface area contributed by atoms with Gasteiger partial charge in [-0.15, -0.1) is 11.3 Å². The van der Waals surface area contributed by atoms with Gasteiger partial charge in [0.25, 0.3) is 0 Å². The summed E-state index contributed by atoms with van der Waals surface area (Å²) < 4.78 is 10.2. The van der Waals surface area contributed by atoms with Crippen molar-refractivity contribution in [2.24, 2.45) is 0 Å². The van der Waals surface area contributed by atoms with Crippen LogP contribution in [0.4, 0.5) is 5.13 Å². The minimum absolute atomic E-state index is 0.117. The number of nitrogens with zero attached hydrogens (tertiary/aromatic N) is 2. The molecule has 19 heavy (non-hydrogen) atoms. The molecule has 0 radical (unpaired) electrons. The van der Waals surface area contributed by atoms with E-state index in [1.54, 1.807) is 13.3 Å². The van der Waals surface area contributed by atoms with Crippen LogP contribution in [-0.2, 0) is 20.8 Å². The molecular formula is C12H19N3O3S. The van der Waals surface area contributed by atoms with Gasteiger partial charge in [0.1, 0.15) is 6.04 Å². The Kier molecular flexibility index (Phi) is 4.73. The number of aromatic nitrogens is 1. The van der Waals surface area contributed by atoms with Crippen molar-refractivity contribution in [1.29, 1.82) is 0 Å². The third-order valence-corrected chi connectivity index (χ3v) is 4.21. The van der Waals surface area contributed by atoms with Gasteiger partial charge in [-0.05, 0) is 12.8 Å². The molecule has 1 saturated heterocycles. The van der Waals surface area contributed by atoms with E-state index in [-0.39, 0.29) is 18.1 Å². The number of piperidine rings is 1. The Morgan fingerprint density at radius 1 is 1.63 bits per heavy atom. The molecule has 1 aliphatic rings. The Labute approximate surface area is 116 Å². The molecular weight excluding hydrogens is 266 g/mol. The molecule has 1 fully saturated rings. The zero-order valence-electron chi connectivity index (χ0n) is 11.2. The van der Waals surface area contributed by atoms with Crippen LogP contribution in [0, 0.1) is 0 Å². The van der Waals surface area contributed by atoms with Gasteiger partial charge in [0.05, 0.1) is 13.2 Å². The van der Waals surface area contributed by atoms with Crippen molar-refractivity contribution in [3.8, 4) is 0 Å². The summed E-state index contributed by atoms with van der Waals surface area (Å²) in [6, 6.07) is -0.257. The second-order valence-electron chi connectivity index (χ2n) is 4.56. The Bertz CT molecular complexity index is 438. The molecule has 106 valence electrons. The molecule has 2 unspecified atom stereocenters. The Morgan fingerprint density at radius 3 is 3.00 bits per heavy atom. The van der Waals surface area contributed by atoms with Crippen molar-refractivity contribution in [1.82, 2.24) is 9.88 Å². The lowest BCUT2D eigenvalue weighted by atomic mass is 9.99. The lowest BCUT2D eigenvalue weighted by Crippen LogP contribution is -2.48. The first-order valence-corrected chi connectivity index (χ1v) is 7.00. The number of esters is 1. The Balaban J connectivity index is 2.06. The number of nitrogens with two attached hydrogens (primary N) is 1. The maximum Gasteiger partial charge on any atom is 0.323 e. The first kappa shape index (κ1) is 14.2. The molecule has 0 amide bonds. The summed E-state index contributed by atoms with van der Waals surface area (Å²) in [6.45, 7) is 1.47. The van der Waals surface area contributed by atoms with E-state index in [0.29, 0.717) is 18.1 Å². The second kappa shape index (κ2) is 6.31. The first-order valence-electron chi connectivity index (χ1n) is 6.19. The fourth-order valence-corrected chi connectivity index (χ4v) is 3.07. The van der Waals surface area contributed by atoms with E-state index >= 15 is 0 Å². The summed E-state index contributed by atoms with van der Waals surface area (Å²) in [5.41, 5.74) is 5.63. The van der Waals surface area contributed by atoms with Gasteiger partial charge < -0.3 is 15.2 Å². The minimum atomic E-state index is -0.257. The highest BCUT2D eigenvalue weighted by molar-refractivity contribution is 7.15. The monoisotopic (exact) mass is 285 g/mol. The van der Waals surface area contributed by atoms with Crippen LogP contribution in [0.3, 0.4) is 0 Å². The van der Waals surface area contributed by atoms with E-state index in [0.717, 1.165) is 17.8 Å². The molecule has 0 aliphatic carbocycles. The topological polar surface area (TPSA) is 77.7 Å². The minimum Gasteiger partial charge on any atom is -0.468 e. The van der Waals surface area contributed by atoms with E-state index < -0.39 is 0 Å². The number of nitrogen functional groups attached to an aromatic ring is 1. The van der Waals surface area contributed by atoms with Crippen molar-refractivity contribution < 1.29 is 14.3 Å². The van der Waals surface area contributed by atoms with Crippen molar-refractivity contribution in [2.45, 2.75) is 31.5 Å². The maximum atomic E-state index is 11.9. The zero-order valence-corrected chi connectivity index (χ0v) is 12.0. The predicted octanol–water partition coefficient (Wildman–Crippen LogP) is 0.878. The number of thiazole rings is 1.